The van der Waals surface area contributed by atoms with Gasteiger partial charge in [-0.3, -0.25) is 14.2 Å². The van der Waals surface area contributed by atoms with Crippen molar-refractivity contribution in [2.75, 3.05) is 5.32 Å². The summed E-state index contributed by atoms with van der Waals surface area (Å²) in [5.41, 5.74) is 0.719. The molecule has 0 saturated heterocycles. The third-order valence-corrected chi connectivity index (χ3v) is 5.38. The van der Waals surface area contributed by atoms with Gasteiger partial charge in [-0.15, -0.1) is 0 Å². The number of halogens is 1. The lowest BCUT2D eigenvalue weighted by atomic mass is 10.2. The Hall–Kier alpha value is -4.11. The summed E-state index contributed by atoms with van der Waals surface area (Å²) in [5, 5.41) is 4.08. The van der Waals surface area contributed by atoms with E-state index in [4.69, 9.17) is 16.6 Å². The number of aromatic nitrogens is 6. The van der Waals surface area contributed by atoms with Crippen molar-refractivity contribution in [3.8, 4) is 5.69 Å². The Balaban J connectivity index is 1.72. The van der Waals surface area contributed by atoms with Crippen LogP contribution in [0.1, 0.15) is 18.8 Å². The lowest BCUT2D eigenvalue weighted by Crippen LogP contribution is -2.28. The number of nitrogens with zero attached hydrogens (tertiary/aromatic N) is 5. The van der Waals surface area contributed by atoms with Crippen molar-refractivity contribution < 1.29 is 0 Å². The molecule has 1 atom stereocenters. The molecule has 9 nitrogen and oxygen atoms in total. The topological polar surface area (TPSA) is 118 Å². The van der Waals surface area contributed by atoms with Gasteiger partial charge in [0.15, 0.2) is 5.65 Å². The highest BCUT2D eigenvalue weighted by atomic mass is 35.5. The van der Waals surface area contributed by atoms with Gasteiger partial charge >= 0.3 is 0 Å². The molecule has 32 heavy (non-hydrogen) atoms. The van der Waals surface area contributed by atoms with Crippen LogP contribution in [0.4, 0.5) is 5.82 Å². The van der Waals surface area contributed by atoms with E-state index in [1.165, 1.54) is 17.2 Å². The second-order valence-corrected chi connectivity index (χ2v) is 7.51. The van der Waals surface area contributed by atoms with Gasteiger partial charge in [-0.2, -0.15) is 0 Å². The molecule has 158 valence electrons. The fourth-order valence-electron chi connectivity index (χ4n) is 3.61. The first-order chi connectivity index (χ1) is 15.5. The summed E-state index contributed by atoms with van der Waals surface area (Å²) in [6.07, 6.45) is 2.61. The number of aromatic amines is 1. The molecule has 0 fully saturated rings. The largest absolute Gasteiger partial charge is 0.360 e. The summed E-state index contributed by atoms with van der Waals surface area (Å²) in [4.78, 5) is 45.5. The van der Waals surface area contributed by atoms with Crippen LogP contribution in [0.25, 0.3) is 27.6 Å². The zero-order valence-electron chi connectivity index (χ0n) is 16.8. The molecule has 0 aliphatic heterocycles. The molecule has 3 aromatic heterocycles. The van der Waals surface area contributed by atoms with Crippen molar-refractivity contribution in [2.45, 2.75) is 13.0 Å². The van der Waals surface area contributed by atoms with E-state index in [1.54, 1.807) is 18.2 Å². The van der Waals surface area contributed by atoms with Crippen molar-refractivity contribution in [3.05, 3.63) is 92.7 Å². The molecule has 5 aromatic rings. The Morgan fingerprint density at radius 2 is 1.81 bits per heavy atom. The molecule has 0 radical (unpaired) electrons. The SMILES string of the molecule is CC(Nc1ncnc2nc[nH]c(=O)c12)c1nc2cccc(Cl)c2c(=O)n1-c1ccccc1. The maximum atomic E-state index is 13.5. The van der Waals surface area contributed by atoms with Crippen molar-refractivity contribution in [1.82, 2.24) is 29.5 Å². The summed E-state index contributed by atoms with van der Waals surface area (Å²) in [7, 11) is 0. The monoisotopic (exact) mass is 445 g/mol. The van der Waals surface area contributed by atoms with E-state index in [-0.39, 0.29) is 28.0 Å². The number of rotatable bonds is 4. The highest BCUT2D eigenvalue weighted by Gasteiger charge is 2.21. The van der Waals surface area contributed by atoms with Crippen LogP contribution in [0, 0.1) is 0 Å². The molecular formula is C22H16ClN7O2. The van der Waals surface area contributed by atoms with Crippen LogP contribution >= 0.6 is 11.6 Å². The molecule has 10 heteroatoms. The number of nitrogens with one attached hydrogen (secondary N) is 2. The third kappa shape index (κ3) is 3.28. The van der Waals surface area contributed by atoms with E-state index < -0.39 is 6.04 Å². The number of para-hydroxylation sites is 1. The van der Waals surface area contributed by atoms with Gasteiger partial charge in [-0.25, -0.2) is 19.9 Å². The first-order valence-corrected chi connectivity index (χ1v) is 10.1. The van der Waals surface area contributed by atoms with Gasteiger partial charge in [0.1, 0.15) is 23.4 Å². The van der Waals surface area contributed by atoms with Gasteiger partial charge in [0.25, 0.3) is 11.1 Å². The van der Waals surface area contributed by atoms with Crippen molar-refractivity contribution in [2.24, 2.45) is 0 Å². The Morgan fingerprint density at radius 3 is 2.62 bits per heavy atom. The minimum Gasteiger partial charge on any atom is -0.360 e. The Labute approximate surface area is 185 Å². The van der Waals surface area contributed by atoms with E-state index in [0.717, 1.165) is 0 Å². The van der Waals surface area contributed by atoms with Crippen molar-refractivity contribution >= 4 is 39.4 Å². The molecule has 0 saturated carbocycles. The summed E-state index contributed by atoms with van der Waals surface area (Å²) < 4.78 is 1.51. The summed E-state index contributed by atoms with van der Waals surface area (Å²) >= 11 is 6.34. The lowest BCUT2D eigenvalue weighted by Gasteiger charge is -2.20. The van der Waals surface area contributed by atoms with Crippen LogP contribution in [0.2, 0.25) is 5.02 Å². The maximum Gasteiger partial charge on any atom is 0.267 e. The van der Waals surface area contributed by atoms with Crippen molar-refractivity contribution in [3.63, 3.8) is 0 Å². The molecule has 2 aromatic carbocycles. The molecule has 5 rings (SSSR count). The highest BCUT2D eigenvalue weighted by molar-refractivity contribution is 6.35. The first kappa shape index (κ1) is 19.8. The highest BCUT2D eigenvalue weighted by Crippen LogP contribution is 2.25. The van der Waals surface area contributed by atoms with E-state index in [1.807, 2.05) is 37.3 Å². The second-order valence-electron chi connectivity index (χ2n) is 7.10. The Morgan fingerprint density at radius 1 is 1.00 bits per heavy atom. The van der Waals surface area contributed by atoms with Crippen LogP contribution in [0.15, 0.2) is 70.8 Å². The van der Waals surface area contributed by atoms with Gasteiger partial charge in [0.05, 0.1) is 34.0 Å². The number of hydrogen-bond donors (Lipinski definition) is 2. The zero-order valence-corrected chi connectivity index (χ0v) is 17.5. The van der Waals surface area contributed by atoms with Crippen LogP contribution in [0.3, 0.4) is 0 Å². The fraction of sp³-hybridized carbons (Fsp3) is 0.0909. The Kier molecular flexibility index (Phi) is 4.87. The molecule has 0 amide bonds. The second kappa shape index (κ2) is 7.86. The van der Waals surface area contributed by atoms with E-state index in [9.17, 15) is 9.59 Å². The molecule has 0 aliphatic carbocycles. The average molecular weight is 446 g/mol. The summed E-state index contributed by atoms with van der Waals surface area (Å²) in [6.45, 7) is 1.83. The zero-order chi connectivity index (χ0) is 22.2. The Bertz CT molecular complexity index is 1580. The van der Waals surface area contributed by atoms with Gasteiger partial charge in [0.2, 0.25) is 0 Å². The fourth-order valence-corrected chi connectivity index (χ4v) is 3.86. The van der Waals surface area contributed by atoms with E-state index in [2.05, 4.69) is 25.3 Å². The molecular weight excluding hydrogens is 430 g/mol. The quantitative estimate of drug-likeness (QED) is 0.436. The van der Waals surface area contributed by atoms with Crippen LogP contribution in [0.5, 0.6) is 0 Å². The molecule has 2 N–H and O–H groups in total. The molecule has 0 spiro atoms. The lowest BCUT2D eigenvalue weighted by molar-refractivity contribution is 0.731. The third-order valence-electron chi connectivity index (χ3n) is 5.06. The van der Waals surface area contributed by atoms with Crippen molar-refractivity contribution in [1.29, 1.82) is 0 Å². The number of hydrogen-bond acceptors (Lipinski definition) is 7. The first-order valence-electron chi connectivity index (χ1n) is 9.76. The smallest absolute Gasteiger partial charge is 0.267 e. The normalized spacial score (nSPS) is 12.2. The molecule has 1 unspecified atom stereocenters. The van der Waals surface area contributed by atoms with E-state index in [0.29, 0.717) is 27.4 Å². The predicted octanol–water partition coefficient (Wildman–Crippen LogP) is 3.24. The van der Waals surface area contributed by atoms with Gasteiger partial charge in [-0.05, 0) is 31.2 Å². The van der Waals surface area contributed by atoms with Gasteiger partial charge in [-0.1, -0.05) is 35.9 Å². The van der Waals surface area contributed by atoms with Gasteiger partial charge < -0.3 is 10.3 Å². The maximum absolute atomic E-state index is 13.5. The number of H-pyrrole nitrogens is 1. The minimum absolute atomic E-state index is 0.222. The minimum atomic E-state index is -0.510. The number of anilines is 1. The van der Waals surface area contributed by atoms with Crippen LogP contribution < -0.4 is 16.4 Å². The summed E-state index contributed by atoms with van der Waals surface area (Å²) in [6, 6.07) is 13.8. The predicted molar refractivity (Wildman–Crippen MR) is 122 cm³/mol. The number of fused-ring (bicyclic) bond motifs is 2. The molecule has 0 bridgehead atoms. The average Bonchev–Trinajstić information content (AvgIpc) is 2.79. The number of benzene rings is 2. The van der Waals surface area contributed by atoms with E-state index >= 15 is 0 Å². The van der Waals surface area contributed by atoms with Gasteiger partial charge in [0, 0.05) is 0 Å². The standard InChI is InChI=1S/C22H16ClN7O2/c1-12(28-19-17-18(24-10-26-19)25-11-27-21(17)31)20-29-15-9-5-8-14(23)16(15)22(32)30(20)13-6-3-2-4-7-13/h2-12H,1H3,(H2,24,25,26,27,28,31). The molecule has 0 aliphatic rings. The molecule has 3 heterocycles. The summed E-state index contributed by atoms with van der Waals surface area (Å²) in [5.74, 6) is 0.722. The van der Waals surface area contributed by atoms with Crippen LogP contribution in [-0.2, 0) is 0 Å². The van der Waals surface area contributed by atoms with Crippen LogP contribution in [-0.4, -0.2) is 29.5 Å².